The number of nitrogens with two attached hydrogens (primary N) is 1. The van der Waals surface area contributed by atoms with E-state index < -0.39 is 23.5 Å². The summed E-state index contributed by atoms with van der Waals surface area (Å²) in [6.45, 7) is 27.8. The molecule has 6 heterocycles. The van der Waals surface area contributed by atoms with Crippen LogP contribution < -0.4 is 30.7 Å². The molecule has 5 aromatic rings. The van der Waals surface area contributed by atoms with Gasteiger partial charge in [-0.3, -0.25) is 9.98 Å². The van der Waals surface area contributed by atoms with Crippen LogP contribution in [0.5, 0.6) is 0 Å². The van der Waals surface area contributed by atoms with Crippen LogP contribution in [-0.4, -0.2) is 134 Å². The van der Waals surface area contributed by atoms with Gasteiger partial charge in [0.1, 0.15) is 18.0 Å². The number of aromatic carboxylic acids is 2. The summed E-state index contributed by atoms with van der Waals surface area (Å²) >= 11 is 19.6. The molecule has 78 heavy (non-hydrogen) atoms. The molecule has 0 amide bonds. The van der Waals surface area contributed by atoms with Crippen molar-refractivity contribution in [2.45, 2.75) is 88.2 Å². The monoisotopic (exact) mass is 1470 g/mol. The van der Waals surface area contributed by atoms with Crippen molar-refractivity contribution in [3.8, 4) is 5.00 Å². The van der Waals surface area contributed by atoms with E-state index in [4.69, 9.17) is 37.1 Å². The third-order valence-electron chi connectivity index (χ3n) is 6.51. The molecule has 1 aliphatic rings. The molecule has 23 nitrogen and oxygen atoms in total. The van der Waals surface area contributed by atoms with Crippen molar-refractivity contribution in [3.05, 3.63) is 97.4 Å². The average molecular weight is 1480 g/mol. The number of aryl methyl sites for hydroxylation is 4. The number of hydrogen-bond donors (Lipinski definition) is 5. The number of aliphatic hydroxyl groups is 1. The first kappa shape index (κ1) is 90.9. The molecule has 441 valence electrons. The number of carboxylic acids is 2. The summed E-state index contributed by atoms with van der Waals surface area (Å²) in [5.41, 5.74) is 6.79. The van der Waals surface area contributed by atoms with Gasteiger partial charge in [-0.25, -0.2) is 30.5 Å². The smallest absolute Gasteiger partial charge is 0.870 e. The Hall–Kier alpha value is -3.57. The van der Waals surface area contributed by atoms with Crippen LogP contribution in [0.2, 0.25) is 0 Å². The molecule has 0 saturated carbocycles. The zero-order valence-electron chi connectivity index (χ0n) is 44.8. The number of aliphatic imine (C=N–C) groups is 2. The van der Waals surface area contributed by atoms with Crippen molar-refractivity contribution in [3.63, 3.8) is 0 Å². The molecule has 0 bridgehead atoms. The van der Waals surface area contributed by atoms with Crippen molar-refractivity contribution in [1.82, 2.24) is 21.1 Å². The average Bonchev–Trinajstić information content (AvgIpc) is 4.17. The molecule has 0 aliphatic carbocycles. The van der Waals surface area contributed by atoms with Gasteiger partial charge in [-0.05, 0) is 125 Å². The predicted octanol–water partition coefficient (Wildman–Crippen LogP) is 7.63. The standard InChI is InChI=1S/C8H9BrO2S.C8H7N3O2S.C8H11NO2S.C6H5BrO2S.C5H7NO2.C4H10O.C3H4N2.C3H6O.2BrH.Cu.Li.H3N.3H2O/c1-3-11-8(10)6-4-5(2)12-7(6)9;1-5-4-6(8(12)13)7(14-5)11-9-2-3-10-11;1-3-11-8(10)6-4-5(2)12-7(6)9;1-3-2-4(6(8)9)5(7)10-3;1-3-8-5(7)4-6-2;1-4(2,3)5;1-2-5-3-4-1;1-2-3-4;;;;;;;;/h4H,3H2,1-2H3;2-4H,1H3,(H,12,13);4H,3,9H2,1-2H3;2H,1H3,(H,8,9);3-4H2,1H3;5H,1-3H3;1-2H,3H2;3H,2H2,1H3;2*1H;;;1H3;3*1H2/q;;;;;;;;;;+2;+1;;;;/p-3. The molecule has 0 atom stereocenters. The van der Waals surface area contributed by atoms with Crippen molar-refractivity contribution in [2.75, 3.05) is 38.8 Å². The van der Waals surface area contributed by atoms with Crippen molar-refractivity contribution < 1.29 is 105 Å². The van der Waals surface area contributed by atoms with E-state index in [0.29, 0.717) is 63.4 Å². The van der Waals surface area contributed by atoms with E-state index in [1.807, 2.05) is 40.7 Å². The number of ether oxygens (including phenoxy) is 3. The van der Waals surface area contributed by atoms with Gasteiger partial charge in [-0.15, -0.1) is 50.1 Å². The fraction of sp³-hybridized carbons (Fsp3) is 0.400. The van der Waals surface area contributed by atoms with Crippen molar-refractivity contribution in [1.29, 1.82) is 0 Å². The summed E-state index contributed by atoms with van der Waals surface area (Å²) in [6, 6.07) is 6.84. The summed E-state index contributed by atoms with van der Waals surface area (Å²) < 4.78 is 15.6. The number of hydrogen-bond acceptors (Lipinski definition) is 21. The van der Waals surface area contributed by atoms with Gasteiger partial charge >= 0.3 is 94.8 Å². The minimum absolute atomic E-state index is 0. The Balaban J connectivity index is -0.000000121. The molecule has 0 spiro atoms. The zero-order chi connectivity index (χ0) is 56.7. The van der Waals surface area contributed by atoms with Crippen LogP contribution in [0.25, 0.3) is 9.85 Å². The van der Waals surface area contributed by atoms with Crippen LogP contribution in [0, 0.1) is 34.3 Å². The molecule has 1 aliphatic heterocycles. The maximum absolute atomic E-state index is 11.2. The van der Waals surface area contributed by atoms with Crippen LogP contribution in [0.3, 0.4) is 0 Å². The Morgan fingerprint density at radius 3 is 1.37 bits per heavy atom. The van der Waals surface area contributed by atoms with E-state index in [9.17, 15) is 28.8 Å². The SMILES string of the molecule is C1=NCN=C1.CC(C)(C)O.CCC=O.CCOC(=O)c1cc(C)sc1Br.CCOC(=O)c1cc(C)sc1N.Cc1cc(C(=O)O)c(-n2nccn2)s1.Cc1cc(C(=O)O)c(Br)s1.N.O.O.[Br][Cu][Br].[C-]#[N+]CC(=O)OCC.[Li+].[OH-]. The zero-order valence-corrected chi connectivity index (χ0v) is 55.4. The molecule has 0 radical (unpaired) electrons. The first-order valence-electron chi connectivity index (χ1n) is 20.8. The maximum Gasteiger partial charge on any atom is 1.00 e. The van der Waals surface area contributed by atoms with Crippen LogP contribution in [0.4, 0.5) is 5.00 Å². The summed E-state index contributed by atoms with van der Waals surface area (Å²) in [4.78, 5) is 78.8. The van der Waals surface area contributed by atoms with E-state index in [0.717, 1.165) is 29.6 Å². The Morgan fingerprint density at radius 1 is 0.744 bits per heavy atom. The van der Waals surface area contributed by atoms with E-state index in [1.54, 1.807) is 72.2 Å². The van der Waals surface area contributed by atoms with Gasteiger partial charge in [0.25, 0.3) is 0 Å². The van der Waals surface area contributed by atoms with Gasteiger partial charge in [-0.1, -0.05) is 6.92 Å². The third kappa shape index (κ3) is 46.2. The van der Waals surface area contributed by atoms with Crippen LogP contribution in [0.1, 0.15) is 116 Å². The van der Waals surface area contributed by atoms with Gasteiger partial charge in [0.05, 0.1) is 67.6 Å². The Morgan fingerprint density at radius 2 is 1.09 bits per heavy atom. The van der Waals surface area contributed by atoms with E-state index >= 15 is 0 Å². The summed E-state index contributed by atoms with van der Waals surface area (Å²) in [5, 5.41) is 34.9. The molecule has 0 fully saturated rings. The second kappa shape index (κ2) is 54.0. The molecule has 33 heteroatoms. The van der Waals surface area contributed by atoms with Crippen molar-refractivity contribution >= 4 is 159 Å². The van der Waals surface area contributed by atoms with E-state index in [-0.39, 0.29) is 65.5 Å². The molecule has 6 rings (SSSR count). The number of anilines is 1. The summed E-state index contributed by atoms with van der Waals surface area (Å²) in [6.07, 6.45) is 7.93. The minimum atomic E-state index is -0.957. The number of rotatable bonds is 10. The molecule has 13 N–H and O–H groups in total. The molecule has 0 unspecified atom stereocenters. The Bertz CT molecular complexity index is 2440. The summed E-state index contributed by atoms with van der Waals surface area (Å²) in [5.74, 6) is -2.87. The van der Waals surface area contributed by atoms with Gasteiger partial charge in [0.2, 0.25) is 0 Å². The van der Waals surface area contributed by atoms with E-state index in [1.165, 1.54) is 73.9 Å². The molecular weight excluding hydrogens is 1410 g/mol. The molecule has 0 saturated heterocycles. The first-order valence-corrected chi connectivity index (χ1v) is 30.3. The van der Waals surface area contributed by atoms with Crippen LogP contribution >= 0.6 is 105 Å². The number of thiophene rings is 4. The van der Waals surface area contributed by atoms with E-state index in [2.05, 4.69) is 89.8 Å². The fourth-order valence-electron chi connectivity index (χ4n) is 4.00. The number of esters is 3. The van der Waals surface area contributed by atoms with Crippen LogP contribution in [-0.2, 0) is 35.1 Å². The number of aldehydes is 1. The predicted molar refractivity (Wildman–Crippen MR) is 317 cm³/mol. The Labute approximate surface area is 519 Å². The minimum Gasteiger partial charge on any atom is -0.870 e. The Kier molecular flexibility index (Phi) is 63.0. The topological polar surface area (TPSA) is 405 Å². The van der Waals surface area contributed by atoms with Gasteiger partial charge in [0.15, 0.2) is 5.00 Å². The number of aromatic nitrogens is 3. The molecular formula is C45H67Br4CuLiN8O15S4. The number of carbonyl (C=O) groups is 6. The van der Waals surface area contributed by atoms with Gasteiger partial charge in [0, 0.05) is 38.4 Å². The van der Waals surface area contributed by atoms with Crippen LogP contribution in [0.15, 0.2) is 54.2 Å². The largest absolute Gasteiger partial charge is 1.00 e. The summed E-state index contributed by atoms with van der Waals surface area (Å²) in [7, 11) is 0. The quantitative estimate of drug-likeness (QED) is 0.0295. The maximum atomic E-state index is 11.2. The second-order valence-electron chi connectivity index (χ2n) is 13.9. The normalized spacial score (nSPS) is 9.42. The molecule has 5 aromatic heterocycles. The number of carbonyl (C=O) groups excluding carboxylic acids is 4. The number of halogens is 4. The third-order valence-corrected chi connectivity index (χ3v) is 11.9. The second-order valence-corrected chi connectivity index (χ2v) is 26.3. The number of nitrogens with zero attached hydrogens (tertiary/aromatic N) is 6. The van der Waals surface area contributed by atoms with Gasteiger partial charge in [-0.2, -0.15) is 10.2 Å². The molecule has 0 aromatic carbocycles. The fourth-order valence-corrected chi connectivity index (χ4v) is 9.21. The van der Waals surface area contributed by atoms with Gasteiger partial charge < -0.3 is 67.5 Å². The number of carboxylic acid groups (broad SMARTS) is 2. The van der Waals surface area contributed by atoms with Crippen molar-refractivity contribution in [2.24, 2.45) is 9.98 Å². The number of nitrogen functional groups attached to an aromatic ring is 1. The first-order chi connectivity index (χ1) is 34.2.